The van der Waals surface area contributed by atoms with Crippen LogP contribution in [0.4, 0.5) is 5.69 Å². The van der Waals surface area contributed by atoms with E-state index in [1.807, 2.05) is 24.3 Å². The van der Waals surface area contributed by atoms with Gasteiger partial charge in [0.05, 0.1) is 45.2 Å². The number of hydrogen-bond donors (Lipinski definition) is 0. The van der Waals surface area contributed by atoms with Crippen LogP contribution in [-0.2, 0) is 27.3 Å². The third-order valence-electron chi connectivity index (χ3n) is 7.56. The Morgan fingerprint density at radius 1 is 1.00 bits per heavy atom. The number of nitro groups is 1. The zero-order valence-corrected chi connectivity index (χ0v) is 25.8. The molecular weight excluding hydrogens is 580 g/mol. The van der Waals surface area contributed by atoms with Crippen molar-refractivity contribution in [1.29, 1.82) is 0 Å². The summed E-state index contributed by atoms with van der Waals surface area (Å²) in [5, 5.41) is 11.0. The summed E-state index contributed by atoms with van der Waals surface area (Å²) in [5.74, 6) is 1.34. The molecule has 12 heteroatoms. The number of non-ortho nitro benzene ring substituents is 1. The molecule has 0 bridgehead atoms. The highest BCUT2D eigenvalue weighted by atomic mass is 16.6. The van der Waals surface area contributed by atoms with Crippen molar-refractivity contribution in [2.45, 2.75) is 19.4 Å². The van der Waals surface area contributed by atoms with Crippen molar-refractivity contribution >= 4 is 23.6 Å². The predicted octanol–water partition coefficient (Wildman–Crippen LogP) is 4.04. The van der Waals surface area contributed by atoms with Crippen LogP contribution in [0.2, 0.25) is 0 Å². The van der Waals surface area contributed by atoms with E-state index in [1.54, 1.807) is 54.6 Å². The lowest BCUT2D eigenvalue weighted by Crippen LogP contribution is -2.44. The van der Waals surface area contributed by atoms with Gasteiger partial charge in [-0.15, -0.1) is 0 Å². The highest BCUT2D eigenvalue weighted by molar-refractivity contribution is 5.94. The fourth-order valence-electron chi connectivity index (χ4n) is 5.00. The predicted molar refractivity (Wildman–Crippen MR) is 168 cm³/mol. The Hall–Kier alpha value is -4.68. The van der Waals surface area contributed by atoms with E-state index in [0.717, 1.165) is 25.2 Å². The van der Waals surface area contributed by atoms with Gasteiger partial charge >= 0.3 is 0 Å². The molecule has 0 atom stereocenters. The van der Waals surface area contributed by atoms with Gasteiger partial charge in [-0.2, -0.15) is 0 Å². The number of ether oxygens (including phenoxy) is 3. The van der Waals surface area contributed by atoms with Crippen molar-refractivity contribution in [2.75, 3.05) is 66.7 Å². The topological polar surface area (TPSA) is 128 Å². The number of amides is 2. The first-order valence-electron chi connectivity index (χ1n) is 14.9. The maximum Gasteiger partial charge on any atom is 0.269 e. The number of nitro benzene ring substituents is 1. The van der Waals surface area contributed by atoms with Crippen LogP contribution in [0.1, 0.15) is 23.3 Å². The summed E-state index contributed by atoms with van der Waals surface area (Å²) in [4.78, 5) is 43.3. The van der Waals surface area contributed by atoms with E-state index in [4.69, 9.17) is 18.6 Å². The third-order valence-corrected chi connectivity index (χ3v) is 7.56. The van der Waals surface area contributed by atoms with Crippen molar-refractivity contribution in [2.24, 2.45) is 0 Å². The van der Waals surface area contributed by atoms with Gasteiger partial charge in [-0.3, -0.25) is 24.6 Å². The molecule has 0 spiro atoms. The van der Waals surface area contributed by atoms with Crippen LogP contribution in [-0.4, -0.2) is 98.1 Å². The number of benzene rings is 2. The molecule has 2 heterocycles. The maximum absolute atomic E-state index is 13.8. The molecule has 0 aliphatic carbocycles. The van der Waals surface area contributed by atoms with E-state index < -0.39 is 4.92 Å². The third kappa shape index (κ3) is 10.2. The quantitative estimate of drug-likeness (QED) is 0.132. The fourth-order valence-corrected chi connectivity index (χ4v) is 5.00. The van der Waals surface area contributed by atoms with Crippen LogP contribution in [0.5, 0.6) is 11.5 Å². The Bertz CT molecular complexity index is 1420. The lowest BCUT2D eigenvalue weighted by Gasteiger charge is -2.29. The van der Waals surface area contributed by atoms with Gasteiger partial charge in [0.1, 0.15) is 12.3 Å². The Morgan fingerprint density at radius 3 is 2.42 bits per heavy atom. The van der Waals surface area contributed by atoms with Gasteiger partial charge in [0.25, 0.3) is 5.69 Å². The van der Waals surface area contributed by atoms with E-state index in [9.17, 15) is 19.7 Å². The minimum absolute atomic E-state index is 0.0291. The molecule has 0 saturated carbocycles. The second kappa shape index (κ2) is 17.0. The highest BCUT2D eigenvalue weighted by Crippen LogP contribution is 2.28. The van der Waals surface area contributed by atoms with Gasteiger partial charge in [-0.25, -0.2) is 0 Å². The lowest BCUT2D eigenvalue weighted by atomic mass is 10.1. The van der Waals surface area contributed by atoms with E-state index >= 15 is 0 Å². The van der Waals surface area contributed by atoms with Crippen molar-refractivity contribution in [3.05, 3.63) is 93.9 Å². The summed E-state index contributed by atoms with van der Waals surface area (Å²) in [7, 11) is 3.16. The second-order valence-electron chi connectivity index (χ2n) is 10.6. The van der Waals surface area contributed by atoms with E-state index in [0.29, 0.717) is 62.0 Å². The van der Waals surface area contributed by atoms with E-state index in [1.165, 1.54) is 18.2 Å². The summed E-state index contributed by atoms with van der Waals surface area (Å²) in [6.07, 6.45) is 5.82. The number of morpholine rings is 1. The highest BCUT2D eigenvalue weighted by Gasteiger charge is 2.22. The van der Waals surface area contributed by atoms with Gasteiger partial charge < -0.3 is 28.4 Å². The normalized spacial score (nSPS) is 13.5. The van der Waals surface area contributed by atoms with Crippen molar-refractivity contribution in [3.8, 4) is 11.5 Å². The number of carbonyl (C=O) groups is 2. The molecule has 0 radical (unpaired) electrons. The van der Waals surface area contributed by atoms with Gasteiger partial charge in [-0.05, 0) is 66.4 Å². The zero-order chi connectivity index (χ0) is 32.0. The first-order valence-corrected chi connectivity index (χ1v) is 14.9. The van der Waals surface area contributed by atoms with Gasteiger partial charge in [-0.1, -0.05) is 6.07 Å². The number of methoxy groups -OCH3 is 2. The molecule has 3 aromatic rings. The van der Waals surface area contributed by atoms with Crippen LogP contribution in [0.25, 0.3) is 6.08 Å². The molecule has 240 valence electrons. The van der Waals surface area contributed by atoms with Crippen molar-refractivity contribution in [1.82, 2.24) is 14.7 Å². The minimum atomic E-state index is -0.472. The first kappa shape index (κ1) is 33.2. The van der Waals surface area contributed by atoms with E-state index in [-0.39, 0.29) is 30.6 Å². The molecule has 1 saturated heterocycles. The average molecular weight is 621 g/mol. The summed E-state index contributed by atoms with van der Waals surface area (Å²) in [6.45, 7) is 4.73. The first-order chi connectivity index (χ1) is 21.9. The Labute approximate surface area is 262 Å². The molecule has 4 rings (SSSR count). The van der Waals surface area contributed by atoms with Crippen LogP contribution in [0.15, 0.2) is 71.4 Å². The van der Waals surface area contributed by atoms with Gasteiger partial charge in [0.2, 0.25) is 11.8 Å². The second-order valence-corrected chi connectivity index (χ2v) is 10.6. The SMILES string of the molecule is COc1ccc(CCN(Cc2ccco2)C(=O)CN(CCCN2CCOCC2)C(=O)/C=C/c2ccc([N+](=O)[O-])cc2)cc1OC. The zero-order valence-electron chi connectivity index (χ0n) is 25.8. The molecule has 1 fully saturated rings. The van der Waals surface area contributed by atoms with Crippen molar-refractivity contribution in [3.63, 3.8) is 0 Å². The molecule has 1 aromatic heterocycles. The Kier molecular flexibility index (Phi) is 12.5. The van der Waals surface area contributed by atoms with Crippen LogP contribution >= 0.6 is 0 Å². The average Bonchev–Trinajstić information content (AvgIpc) is 3.58. The number of rotatable bonds is 16. The van der Waals surface area contributed by atoms with Gasteiger partial charge in [0, 0.05) is 50.9 Å². The number of carbonyl (C=O) groups excluding carboxylic acids is 2. The number of furan rings is 1. The molecule has 1 aliphatic rings. The standard InChI is InChI=1S/C33H40N4O8/c1-42-30-12-8-27(23-31(30)43-2)14-17-36(24-29-5-3-20-45-29)33(39)25-35(16-4-15-34-18-21-44-22-19-34)32(38)13-9-26-6-10-28(11-7-26)37(40)41/h3,5-13,20,23H,4,14-19,21-22,24-25H2,1-2H3/b13-9+. The minimum Gasteiger partial charge on any atom is -0.493 e. The number of hydrogen-bond acceptors (Lipinski definition) is 9. The van der Waals surface area contributed by atoms with Crippen LogP contribution in [0.3, 0.4) is 0 Å². The monoisotopic (exact) mass is 620 g/mol. The molecule has 12 nitrogen and oxygen atoms in total. The molecule has 2 amide bonds. The smallest absolute Gasteiger partial charge is 0.269 e. The molecule has 2 aromatic carbocycles. The largest absolute Gasteiger partial charge is 0.493 e. The summed E-state index contributed by atoms with van der Waals surface area (Å²) in [5.41, 5.74) is 1.58. The van der Waals surface area contributed by atoms with E-state index in [2.05, 4.69) is 4.90 Å². The Balaban J connectivity index is 1.47. The summed E-state index contributed by atoms with van der Waals surface area (Å²) in [6, 6.07) is 15.2. The van der Waals surface area contributed by atoms with Crippen LogP contribution < -0.4 is 9.47 Å². The van der Waals surface area contributed by atoms with Crippen LogP contribution in [0, 0.1) is 10.1 Å². The van der Waals surface area contributed by atoms with Gasteiger partial charge in [0.15, 0.2) is 11.5 Å². The van der Waals surface area contributed by atoms with Crippen molar-refractivity contribution < 1.29 is 33.1 Å². The molecule has 45 heavy (non-hydrogen) atoms. The summed E-state index contributed by atoms with van der Waals surface area (Å²) < 4.78 is 21.8. The fraction of sp³-hybridized carbons (Fsp3) is 0.394. The maximum atomic E-state index is 13.8. The molecule has 1 aliphatic heterocycles. The lowest BCUT2D eigenvalue weighted by molar-refractivity contribution is -0.384. The molecule has 0 unspecified atom stereocenters. The molecule has 0 N–H and O–H groups in total. The number of nitrogens with zero attached hydrogens (tertiary/aromatic N) is 4. The Morgan fingerprint density at radius 2 is 1.76 bits per heavy atom. The summed E-state index contributed by atoms with van der Waals surface area (Å²) >= 11 is 0. The molecular formula is C33H40N4O8.